The maximum Gasteiger partial charge on any atom is 0.278 e. The molecule has 1 fully saturated rings. The number of carbonyl (C=O) groups excluding carboxylic acids is 1. The summed E-state index contributed by atoms with van der Waals surface area (Å²) in [5.74, 6) is -0.236. The summed E-state index contributed by atoms with van der Waals surface area (Å²) in [4.78, 5) is 25.8. The van der Waals surface area contributed by atoms with E-state index in [0.29, 0.717) is 22.6 Å². The molecule has 1 aliphatic heterocycles. The van der Waals surface area contributed by atoms with E-state index in [9.17, 15) is 4.79 Å². The molecule has 2 aromatic heterocycles. The van der Waals surface area contributed by atoms with Gasteiger partial charge in [-0.1, -0.05) is 12.1 Å². The SMILES string of the molecule is CN(C(=O)c1cn2c(-c3ccc(N4CCCC4)cc3)cnc2cn1)c1ccc(C#N)cc1. The summed E-state index contributed by atoms with van der Waals surface area (Å²) in [7, 11) is 1.70. The first-order valence-corrected chi connectivity index (χ1v) is 10.6. The number of hydrogen-bond acceptors (Lipinski definition) is 5. The lowest BCUT2D eigenvalue weighted by Crippen LogP contribution is -2.27. The van der Waals surface area contributed by atoms with Crippen molar-refractivity contribution in [1.29, 1.82) is 5.26 Å². The van der Waals surface area contributed by atoms with Gasteiger partial charge in [0.2, 0.25) is 0 Å². The van der Waals surface area contributed by atoms with E-state index in [-0.39, 0.29) is 5.91 Å². The number of fused-ring (bicyclic) bond motifs is 1. The number of aromatic nitrogens is 3. The molecule has 0 unspecified atom stereocenters. The van der Waals surface area contributed by atoms with Crippen molar-refractivity contribution in [3.8, 4) is 17.3 Å². The quantitative estimate of drug-likeness (QED) is 0.494. The largest absolute Gasteiger partial charge is 0.372 e. The van der Waals surface area contributed by atoms with E-state index in [0.717, 1.165) is 24.3 Å². The van der Waals surface area contributed by atoms with Crippen LogP contribution in [-0.2, 0) is 0 Å². The predicted octanol–water partition coefficient (Wildman–Crippen LogP) is 4.14. The van der Waals surface area contributed by atoms with Crippen molar-refractivity contribution in [2.45, 2.75) is 12.8 Å². The zero-order valence-electron chi connectivity index (χ0n) is 17.8. The van der Waals surface area contributed by atoms with Crippen LogP contribution in [-0.4, -0.2) is 40.4 Å². The fourth-order valence-electron chi connectivity index (χ4n) is 4.08. The van der Waals surface area contributed by atoms with Crippen LogP contribution in [0.2, 0.25) is 0 Å². The molecule has 0 aliphatic carbocycles. The van der Waals surface area contributed by atoms with Gasteiger partial charge in [-0.25, -0.2) is 9.97 Å². The van der Waals surface area contributed by atoms with Crippen LogP contribution >= 0.6 is 0 Å². The Morgan fingerprint density at radius 2 is 1.72 bits per heavy atom. The highest BCUT2D eigenvalue weighted by Gasteiger charge is 2.18. The number of nitrogens with zero attached hydrogens (tertiary/aromatic N) is 6. The number of nitriles is 1. The molecule has 5 rings (SSSR count). The molecule has 0 saturated carbocycles. The monoisotopic (exact) mass is 422 g/mol. The van der Waals surface area contributed by atoms with Crippen LogP contribution < -0.4 is 9.80 Å². The topological polar surface area (TPSA) is 77.5 Å². The van der Waals surface area contributed by atoms with E-state index in [1.54, 1.807) is 49.9 Å². The average molecular weight is 422 g/mol. The summed E-state index contributed by atoms with van der Waals surface area (Å²) in [6.07, 6.45) is 7.64. The van der Waals surface area contributed by atoms with Gasteiger partial charge >= 0.3 is 0 Å². The molecule has 158 valence electrons. The van der Waals surface area contributed by atoms with Gasteiger partial charge in [0, 0.05) is 43.3 Å². The number of amides is 1. The molecule has 4 aromatic rings. The number of carbonyl (C=O) groups is 1. The van der Waals surface area contributed by atoms with Crippen molar-refractivity contribution in [3.63, 3.8) is 0 Å². The minimum Gasteiger partial charge on any atom is -0.372 e. The van der Waals surface area contributed by atoms with Gasteiger partial charge in [-0.3, -0.25) is 9.20 Å². The Bertz CT molecular complexity index is 1310. The second-order valence-electron chi connectivity index (χ2n) is 7.91. The number of hydrogen-bond donors (Lipinski definition) is 0. The molecule has 0 radical (unpaired) electrons. The van der Waals surface area contributed by atoms with Gasteiger partial charge in [0.15, 0.2) is 5.65 Å². The minimum absolute atomic E-state index is 0.236. The van der Waals surface area contributed by atoms with Gasteiger partial charge in [-0.2, -0.15) is 5.26 Å². The molecular weight excluding hydrogens is 400 g/mol. The van der Waals surface area contributed by atoms with Crippen LogP contribution in [0.25, 0.3) is 16.9 Å². The molecule has 0 spiro atoms. The molecule has 32 heavy (non-hydrogen) atoms. The molecule has 1 amide bonds. The minimum atomic E-state index is -0.236. The number of anilines is 2. The fourth-order valence-corrected chi connectivity index (χ4v) is 4.08. The van der Waals surface area contributed by atoms with Gasteiger partial charge in [-0.15, -0.1) is 0 Å². The van der Waals surface area contributed by atoms with E-state index in [2.05, 4.69) is 45.2 Å². The summed E-state index contributed by atoms with van der Waals surface area (Å²) in [6, 6.07) is 17.5. The first kappa shape index (κ1) is 19.8. The number of imidazole rings is 1. The van der Waals surface area contributed by atoms with Gasteiger partial charge in [0.1, 0.15) is 5.69 Å². The van der Waals surface area contributed by atoms with Crippen molar-refractivity contribution in [3.05, 3.63) is 78.4 Å². The first-order valence-electron chi connectivity index (χ1n) is 10.6. The van der Waals surface area contributed by atoms with E-state index in [4.69, 9.17) is 5.26 Å². The highest BCUT2D eigenvalue weighted by atomic mass is 16.2. The lowest BCUT2D eigenvalue weighted by molar-refractivity contribution is 0.0988. The van der Waals surface area contributed by atoms with Gasteiger partial charge < -0.3 is 9.80 Å². The average Bonchev–Trinajstić information content (AvgIpc) is 3.53. The smallest absolute Gasteiger partial charge is 0.278 e. The van der Waals surface area contributed by atoms with E-state index >= 15 is 0 Å². The van der Waals surface area contributed by atoms with Gasteiger partial charge in [0.25, 0.3) is 5.91 Å². The third kappa shape index (κ3) is 3.56. The fraction of sp³-hybridized carbons (Fsp3) is 0.200. The molecule has 1 saturated heterocycles. The van der Waals surface area contributed by atoms with E-state index in [1.165, 1.54) is 23.4 Å². The van der Waals surface area contributed by atoms with E-state index < -0.39 is 0 Å². The van der Waals surface area contributed by atoms with Gasteiger partial charge in [0.05, 0.1) is 29.7 Å². The Hall–Kier alpha value is -4.18. The standard InChI is InChI=1S/C25H22N6O/c1-29(20-8-4-18(14-26)5-9-20)25(32)22-17-31-23(15-28-24(31)16-27-22)19-6-10-21(11-7-19)30-12-2-3-13-30/h4-11,15-17H,2-3,12-13H2,1H3. The lowest BCUT2D eigenvalue weighted by atomic mass is 10.1. The van der Waals surface area contributed by atoms with Crippen molar-refractivity contribution in [2.75, 3.05) is 29.9 Å². The molecule has 2 aromatic carbocycles. The van der Waals surface area contributed by atoms with Crippen LogP contribution in [0.15, 0.2) is 67.1 Å². The summed E-state index contributed by atoms with van der Waals surface area (Å²) >= 11 is 0. The van der Waals surface area contributed by atoms with Crippen LogP contribution in [0.3, 0.4) is 0 Å². The highest BCUT2D eigenvalue weighted by Crippen LogP contribution is 2.26. The summed E-state index contributed by atoms with van der Waals surface area (Å²) in [6.45, 7) is 2.22. The van der Waals surface area contributed by atoms with Crippen LogP contribution in [0, 0.1) is 11.3 Å². The third-order valence-corrected chi connectivity index (χ3v) is 5.94. The Morgan fingerprint density at radius 3 is 2.41 bits per heavy atom. The number of rotatable bonds is 4. The van der Waals surface area contributed by atoms with Crippen LogP contribution in [0.5, 0.6) is 0 Å². The van der Waals surface area contributed by atoms with Crippen LogP contribution in [0.1, 0.15) is 28.9 Å². The maximum atomic E-state index is 13.1. The molecule has 7 nitrogen and oxygen atoms in total. The zero-order chi connectivity index (χ0) is 22.1. The summed E-state index contributed by atoms with van der Waals surface area (Å²) in [5, 5.41) is 8.97. The summed E-state index contributed by atoms with van der Waals surface area (Å²) in [5.41, 5.74) is 5.42. The second kappa shape index (κ2) is 8.16. The van der Waals surface area contributed by atoms with Crippen molar-refractivity contribution < 1.29 is 4.79 Å². The van der Waals surface area contributed by atoms with Crippen molar-refractivity contribution >= 4 is 22.9 Å². The summed E-state index contributed by atoms with van der Waals surface area (Å²) < 4.78 is 1.90. The first-order chi connectivity index (χ1) is 15.6. The van der Waals surface area contributed by atoms with E-state index in [1.807, 2.05) is 4.40 Å². The highest BCUT2D eigenvalue weighted by molar-refractivity contribution is 6.04. The molecule has 7 heteroatoms. The third-order valence-electron chi connectivity index (χ3n) is 5.94. The molecule has 0 atom stereocenters. The van der Waals surface area contributed by atoms with Gasteiger partial charge in [-0.05, 0) is 49.2 Å². The lowest BCUT2D eigenvalue weighted by Gasteiger charge is -2.18. The molecule has 1 aliphatic rings. The Morgan fingerprint density at radius 1 is 1.00 bits per heavy atom. The predicted molar refractivity (Wildman–Crippen MR) is 124 cm³/mol. The molecule has 0 bridgehead atoms. The Kier molecular flexibility index (Phi) is 5.04. The number of benzene rings is 2. The normalized spacial score (nSPS) is 13.3. The van der Waals surface area contributed by atoms with Crippen molar-refractivity contribution in [1.82, 2.24) is 14.4 Å². The molecule has 0 N–H and O–H groups in total. The zero-order valence-corrected chi connectivity index (χ0v) is 17.8. The maximum absolute atomic E-state index is 13.1. The Balaban J connectivity index is 1.44. The molecule has 3 heterocycles. The molecular formula is C25H22N6O. The second-order valence-corrected chi connectivity index (χ2v) is 7.91. The van der Waals surface area contributed by atoms with Crippen molar-refractivity contribution in [2.24, 2.45) is 0 Å². The van der Waals surface area contributed by atoms with Crippen LogP contribution in [0.4, 0.5) is 11.4 Å². The Labute approximate surface area is 186 Å².